The maximum Gasteiger partial charge on any atom is 0.387 e. The van der Waals surface area contributed by atoms with Crippen molar-refractivity contribution in [3.8, 4) is 5.75 Å². The maximum absolute atomic E-state index is 12.1. The number of rotatable bonds is 4. The van der Waals surface area contributed by atoms with Crippen molar-refractivity contribution in [3.63, 3.8) is 0 Å². The average molecular weight is 213 g/mol. The van der Waals surface area contributed by atoms with E-state index < -0.39 is 6.61 Å². The van der Waals surface area contributed by atoms with Crippen LogP contribution in [0.15, 0.2) is 24.3 Å². The van der Waals surface area contributed by atoms with Crippen molar-refractivity contribution in [1.29, 1.82) is 0 Å². The highest BCUT2D eigenvalue weighted by Crippen LogP contribution is 2.49. The van der Waals surface area contributed by atoms with Crippen LogP contribution in [0.2, 0.25) is 0 Å². The molecule has 0 radical (unpaired) electrons. The van der Waals surface area contributed by atoms with E-state index in [2.05, 4.69) is 4.74 Å². The van der Waals surface area contributed by atoms with Gasteiger partial charge in [-0.25, -0.2) is 0 Å². The van der Waals surface area contributed by atoms with Crippen molar-refractivity contribution >= 4 is 0 Å². The Morgan fingerprint density at radius 3 is 2.73 bits per heavy atom. The number of halogens is 2. The van der Waals surface area contributed by atoms with Gasteiger partial charge < -0.3 is 10.5 Å². The lowest BCUT2D eigenvalue weighted by Gasteiger charge is -2.09. The topological polar surface area (TPSA) is 35.2 Å². The Morgan fingerprint density at radius 1 is 1.40 bits per heavy atom. The van der Waals surface area contributed by atoms with Gasteiger partial charge in [-0.1, -0.05) is 18.2 Å². The number of alkyl halides is 2. The van der Waals surface area contributed by atoms with E-state index >= 15 is 0 Å². The summed E-state index contributed by atoms with van der Waals surface area (Å²) in [5.74, 6) is 1.01. The lowest BCUT2D eigenvalue weighted by Crippen LogP contribution is -2.06. The van der Waals surface area contributed by atoms with Gasteiger partial charge in [0.15, 0.2) is 0 Å². The molecule has 4 heteroatoms. The molecule has 0 saturated heterocycles. The van der Waals surface area contributed by atoms with Gasteiger partial charge in [0.05, 0.1) is 0 Å². The Kier molecular flexibility index (Phi) is 2.86. The van der Waals surface area contributed by atoms with Gasteiger partial charge in [-0.2, -0.15) is 8.78 Å². The predicted molar refractivity (Wildman–Crippen MR) is 53.0 cm³/mol. The van der Waals surface area contributed by atoms with Crippen LogP contribution in [0, 0.1) is 5.92 Å². The standard InChI is InChI=1S/C11H13F2NO/c12-11(13)15-10-4-2-1-3-8(10)9-5-7(9)6-14/h1-4,7,9,11H,5-6,14H2/t7-,9+/m0/s1. The first-order valence-corrected chi connectivity index (χ1v) is 4.96. The van der Waals surface area contributed by atoms with Crippen LogP contribution < -0.4 is 10.5 Å². The van der Waals surface area contributed by atoms with Crippen LogP contribution in [-0.2, 0) is 0 Å². The second-order valence-corrected chi connectivity index (χ2v) is 3.75. The quantitative estimate of drug-likeness (QED) is 0.833. The lowest BCUT2D eigenvalue weighted by atomic mass is 10.1. The first kappa shape index (κ1) is 10.4. The molecule has 0 aliphatic heterocycles. The second-order valence-electron chi connectivity index (χ2n) is 3.75. The van der Waals surface area contributed by atoms with Crippen LogP contribution >= 0.6 is 0 Å². The molecule has 1 aromatic carbocycles. The van der Waals surface area contributed by atoms with Crippen molar-refractivity contribution in [2.75, 3.05) is 6.54 Å². The van der Waals surface area contributed by atoms with E-state index in [0.717, 1.165) is 12.0 Å². The third-order valence-corrected chi connectivity index (χ3v) is 2.76. The molecule has 1 saturated carbocycles. The summed E-state index contributed by atoms with van der Waals surface area (Å²) in [7, 11) is 0. The monoisotopic (exact) mass is 213 g/mol. The molecule has 2 N–H and O–H groups in total. The van der Waals surface area contributed by atoms with E-state index in [9.17, 15) is 8.78 Å². The van der Waals surface area contributed by atoms with Gasteiger partial charge in [0.25, 0.3) is 0 Å². The Hall–Kier alpha value is -1.16. The minimum atomic E-state index is -2.76. The summed E-state index contributed by atoms with van der Waals surface area (Å²) in [4.78, 5) is 0. The summed E-state index contributed by atoms with van der Waals surface area (Å²) in [6.07, 6.45) is 0.972. The molecule has 2 nitrogen and oxygen atoms in total. The number of para-hydroxylation sites is 1. The summed E-state index contributed by atoms with van der Waals surface area (Å²) in [6, 6.07) is 6.94. The summed E-state index contributed by atoms with van der Waals surface area (Å²) in [5.41, 5.74) is 6.38. The SMILES string of the molecule is NC[C@@H]1C[C@H]1c1ccccc1OC(F)F. The van der Waals surface area contributed by atoms with Crippen LogP contribution in [0.3, 0.4) is 0 Å². The minimum Gasteiger partial charge on any atom is -0.435 e. The van der Waals surface area contributed by atoms with Gasteiger partial charge in [-0.3, -0.25) is 0 Å². The molecule has 2 atom stereocenters. The van der Waals surface area contributed by atoms with Crippen molar-refractivity contribution < 1.29 is 13.5 Å². The minimum absolute atomic E-state index is 0.286. The van der Waals surface area contributed by atoms with E-state index in [1.807, 2.05) is 12.1 Å². The van der Waals surface area contributed by atoms with Crippen LogP contribution in [0.1, 0.15) is 17.9 Å². The molecule has 0 amide bonds. The Labute approximate surface area is 87.0 Å². The van der Waals surface area contributed by atoms with E-state index in [1.54, 1.807) is 12.1 Å². The molecule has 0 heterocycles. The third kappa shape index (κ3) is 2.26. The van der Waals surface area contributed by atoms with Gasteiger partial charge in [0.2, 0.25) is 0 Å². The van der Waals surface area contributed by atoms with Crippen LogP contribution in [-0.4, -0.2) is 13.2 Å². The van der Waals surface area contributed by atoms with Crippen LogP contribution in [0.4, 0.5) is 8.78 Å². The molecular weight excluding hydrogens is 200 g/mol. The predicted octanol–water partition coefficient (Wildman–Crippen LogP) is 2.35. The summed E-state index contributed by atoms with van der Waals surface area (Å²) in [6.45, 7) is -2.16. The molecular formula is C11H13F2NO. The fraction of sp³-hybridized carbons (Fsp3) is 0.455. The molecule has 0 spiro atoms. The molecule has 2 rings (SSSR count). The first-order valence-electron chi connectivity index (χ1n) is 4.96. The van der Waals surface area contributed by atoms with E-state index in [1.165, 1.54) is 0 Å². The molecule has 82 valence electrons. The number of ether oxygens (including phenoxy) is 1. The largest absolute Gasteiger partial charge is 0.435 e. The highest BCUT2D eigenvalue weighted by molar-refractivity contribution is 5.39. The van der Waals surface area contributed by atoms with Crippen molar-refractivity contribution in [1.82, 2.24) is 0 Å². The molecule has 15 heavy (non-hydrogen) atoms. The van der Waals surface area contributed by atoms with Gasteiger partial charge >= 0.3 is 6.61 Å². The smallest absolute Gasteiger partial charge is 0.387 e. The Balaban J connectivity index is 2.16. The van der Waals surface area contributed by atoms with Gasteiger partial charge in [-0.15, -0.1) is 0 Å². The van der Waals surface area contributed by atoms with Crippen molar-refractivity contribution in [2.24, 2.45) is 11.7 Å². The fourth-order valence-corrected chi connectivity index (χ4v) is 1.88. The van der Waals surface area contributed by atoms with Crippen molar-refractivity contribution in [3.05, 3.63) is 29.8 Å². The molecule has 1 fully saturated rings. The van der Waals surface area contributed by atoms with Crippen LogP contribution in [0.25, 0.3) is 0 Å². The van der Waals surface area contributed by atoms with Crippen molar-refractivity contribution in [2.45, 2.75) is 19.0 Å². The Morgan fingerprint density at radius 2 is 2.13 bits per heavy atom. The molecule has 1 aromatic rings. The fourth-order valence-electron chi connectivity index (χ4n) is 1.88. The molecule has 1 aliphatic rings. The van der Waals surface area contributed by atoms with E-state index in [0.29, 0.717) is 18.4 Å². The maximum atomic E-state index is 12.1. The average Bonchev–Trinajstić information content (AvgIpc) is 2.97. The summed E-state index contributed by atoms with van der Waals surface area (Å²) >= 11 is 0. The van der Waals surface area contributed by atoms with Crippen LogP contribution in [0.5, 0.6) is 5.75 Å². The highest BCUT2D eigenvalue weighted by atomic mass is 19.3. The molecule has 0 bridgehead atoms. The highest BCUT2D eigenvalue weighted by Gasteiger charge is 2.38. The lowest BCUT2D eigenvalue weighted by molar-refractivity contribution is -0.0504. The number of nitrogens with two attached hydrogens (primary N) is 1. The first-order chi connectivity index (χ1) is 7.22. The molecule has 0 aromatic heterocycles. The van der Waals surface area contributed by atoms with Gasteiger partial charge in [-0.05, 0) is 36.4 Å². The third-order valence-electron chi connectivity index (χ3n) is 2.76. The van der Waals surface area contributed by atoms with Gasteiger partial charge in [0, 0.05) is 0 Å². The molecule has 1 aliphatic carbocycles. The van der Waals surface area contributed by atoms with Gasteiger partial charge in [0.1, 0.15) is 5.75 Å². The second kappa shape index (κ2) is 4.14. The molecule has 0 unspecified atom stereocenters. The summed E-state index contributed by atoms with van der Waals surface area (Å²) in [5, 5.41) is 0. The van der Waals surface area contributed by atoms with E-state index in [-0.39, 0.29) is 5.75 Å². The number of hydrogen-bond donors (Lipinski definition) is 1. The zero-order chi connectivity index (χ0) is 10.8. The normalized spacial score (nSPS) is 24.3. The number of hydrogen-bond acceptors (Lipinski definition) is 2. The van der Waals surface area contributed by atoms with E-state index in [4.69, 9.17) is 5.73 Å². The Bertz CT molecular complexity index is 343. The zero-order valence-electron chi connectivity index (χ0n) is 8.20. The number of benzene rings is 1. The summed E-state index contributed by atoms with van der Waals surface area (Å²) < 4.78 is 28.7. The zero-order valence-corrected chi connectivity index (χ0v) is 8.20.